The molecule has 0 saturated heterocycles. The van der Waals surface area contributed by atoms with Crippen LogP contribution in [0.3, 0.4) is 0 Å². The Labute approximate surface area is 113 Å². The van der Waals surface area contributed by atoms with E-state index < -0.39 is 6.10 Å². The van der Waals surface area contributed by atoms with Gasteiger partial charge in [0, 0.05) is 5.56 Å². The third-order valence-corrected chi connectivity index (χ3v) is 3.02. The number of hydrogen-bond donors (Lipinski definition) is 1. The van der Waals surface area contributed by atoms with Crippen molar-refractivity contribution in [3.63, 3.8) is 0 Å². The smallest absolute Gasteiger partial charge is 0.131 e. The van der Waals surface area contributed by atoms with Crippen LogP contribution >= 0.6 is 0 Å². The average Bonchev–Trinajstić information content (AvgIpc) is 2.39. The molecule has 2 aromatic rings. The zero-order chi connectivity index (χ0) is 13.8. The van der Waals surface area contributed by atoms with Gasteiger partial charge < -0.3 is 5.11 Å². The first-order chi connectivity index (χ1) is 9.08. The molecule has 19 heavy (non-hydrogen) atoms. The standard InChI is InChI=1S/C17H17FO/c1-12(11-13(2)19)14-7-9-15(10-8-14)16-5-3-4-6-17(16)18/h3-11,13,19H,1-2H3. The van der Waals surface area contributed by atoms with Crippen molar-refractivity contribution in [3.05, 3.63) is 66.0 Å². The van der Waals surface area contributed by atoms with Crippen molar-refractivity contribution in [2.45, 2.75) is 20.0 Å². The van der Waals surface area contributed by atoms with E-state index in [0.717, 1.165) is 16.7 Å². The summed E-state index contributed by atoms with van der Waals surface area (Å²) in [5, 5.41) is 9.33. The van der Waals surface area contributed by atoms with Crippen LogP contribution in [-0.4, -0.2) is 11.2 Å². The molecule has 0 heterocycles. The Kier molecular flexibility index (Phi) is 4.13. The quantitative estimate of drug-likeness (QED) is 0.869. The van der Waals surface area contributed by atoms with Crippen molar-refractivity contribution in [1.29, 1.82) is 0 Å². The lowest BCUT2D eigenvalue weighted by molar-refractivity contribution is 0.244. The molecule has 0 fully saturated rings. The van der Waals surface area contributed by atoms with Crippen LogP contribution in [0.5, 0.6) is 0 Å². The summed E-state index contributed by atoms with van der Waals surface area (Å²) in [6.07, 6.45) is 1.32. The van der Waals surface area contributed by atoms with Crippen LogP contribution in [0.15, 0.2) is 54.6 Å². The highest BCUT2D eigenvalue weighted by Gasteiger charge is 2.04. The second-order valence-corrected chi connectivity index (χ2v) is 4.65. The molecule has 1 atom stereocenters. The Morgan fingerprint density at radius 2 is 1.74 bits per heavy atom. The Hall–Kier alpha value is -1.93. The molecule has 1 nitrogen and oxygen atoms in total. The van der Waals surface area contributed by atoms with Crippen molar-refractivity contribution in [2.24, 2.45) is 0 Å². The van der Waals surface area contributed by atoms with E-state index in [1.807, 2.05) is 37.3 Å². The monoisotopic (exact) mass is 256 g/mol. The van der Waals surface area contributed by atoms with Gasteiger partial charge in [-0.25, -0.2) is 4.39 Å². The highest BCUT2D eigenvalue weighted by molar-refractivity contribution is 5.70. The molecule has 98 valence electrons. The summed E-state index contributed by atoms with van der Waals surface area (Å²) < 4.78 is 13.7. The van der Waals surface area contributed by atoms with Gasteiger partial charge in [-0.15, -0.1) is 0 Å². The van der Waals surface area contributed by atoms with Crippen molar-refractivity contribution in [3.8, 4) is 11.1 Å². The molecular weight excluding hydrogens is 239 g/mol. The molecule has 0 bridgehead atoms. The summed E-state index contributed by atoms with van der Waals surface area (Å²) in [5.74, 6) is -0.216. The number of benzene rings is 2. The minimum absolute atomic E-state index is 0.216. The number of rotatable bonds is 3. The minimum Gasteiger partial charge on any atom is -0.389 e. The molecule has 0 saturated carbocycles. The van der Waals surface area contributed by atoms with E-state index >= 15 is 0 Å². The summed E-state index contributed by atoms with van der Waals surface area (Å²) in [4.78, 5) is 0. The van der Waals surface area contributed by atoms with Crippen LogP contribution in [-0.2, 0) is 0 Å². The van der Waals surface area contributed by atoms with Gasteiger partial charge >= 0.3 is 0 Å². The lowest BCUT2D eigenvalue weighted by Crippen LogP contribution is -1.94. The maximum absolute atomic E-state index is 13.7. The van der Waals surface area contributed by atoms with Crippen LogP contribution in [0.4, 0.5) is 4.39 Å². The van der Waals surface area contributed by atoms with Gasteiger partial charge in [-0.1, -0.05) is 48.5 Å². The summed E-state index contributed by atoms with van der Waals surface area (Å²) in [7, 11) is 0. The van der Waals surface area contributed by atoms with E-state index in [2.05, 4.69) is 0 Å². The van der Waals surface area contributed by atoms with Gasteiger partial charge in [0.25, 0.3) is 0 Å². The topological polar surface area (TPSA) is 20.2 Å². The maximum Gasteiger partial charge on any atom is 0.131 e. The Balaban J connectivity index is 2.32. The zero-order valence-corrected chi connectivity index (χ0v) is 11.1. The van der Waals surface area contributed by atoms with E-state index in [4.69, 9.17) is 0 Å². The molecule has 0 aliphatic rings. The van der Waals surface area contributed by atoms with Gasteiger partial charge in [-0.05, 0) is 36.6 Å². The van der Waals surface area contributed by atoms with E-state index in [1.165, 1.54) is 6.07 Å². The Morgan fingerprint density at radius 1 is 1.11 bits per heavy atom. The molecule has 0 radical (unpaired) electrons. The van der Waals surface area contributed by atoms with Crippen LogP contribution < -0.4 is 0 Å². The van der Waals surface area contributed by atoms with Crippen LogP contribution in [0, 0.1) is 5.82 Å². The third-order valence-electron chi connectivity index (χ3n) is 3.02. The van der Waals surface area contributed by atoms with Crippen LogP contribution in [0.25, 0.3) is 16.7 Å². The van der Waals surface area contributed by atoms with Gasteiger partial charge in [0.2, 0.25) is 0 Å². The first-order valence-corrected chi connectivity index (χ1v) is 6.30. The number of aliphatic hydroxyl groups is 1. The van der Waals surface area contributed by atoms with Crippen molar-refractivity contribution >= 4 is 5.57 Å². The summed E-state index contributed by atoms with van der Waals surface area (Å²) in [6.45, 7) is 3.67. The fraction of sp³-hybridized carbons (Fsp3) is 0.176. The van der Waals surface area contributed by atoms with Crippen LogP contribution in [0.2, 0.25) is 0 Å². The highest BCUT2D eigenvalue weighted by atomic mass is 19.1. The highest BCUT2D eigenvalue weighted by Crippen LogP contribution is 2.24. The molecule has 1 N–H and O–H groups in total. The second kappa shape index (κ2) is 5.81. The predicted octanol–water partition coefficient (Wildman–Crippen LogP) is 4.28. The molecule has 0 aliphatic carbocycles. The zero-order valence-electron chi connectivity index (χ0n) is 11.1. The fourth-order valence-corrected chi connectivity index (χ4v) is 2.07. The summed E-state index contributed by atoms with van der Waals surface area (Å²) >= 11 is 0. The number of aliphatic hydroxyl groups excluding tert-OH is 1. The average molecular weight is 256 g/mol. The number of halogens is 1. The van der Waals surface area contributed by atoms with Crippen molar-refractivity contribution in [1.82, 2.24) is 0 Å². The summed E-state index contributed by atoms with van der Waals surface area (Å²) in [5.41, 5.74) is 3.49. The van der Waals surface area contributed by atoms with Gasteiger partial charge in [-0.3, -0.25) is 0 Å². The fourth-order valence-electron chi connectivity index (χ4n) is 2.07. The second-order valence-electron chi connectivity index (χ2n) is 4.65. The minimum atomic E-state index is -0.466. The van der Waals surface area contributed by atoms with Gasteiger partial charge in [0.1, 0.15) is 5.82 Å². The molecular formula is C17H17FO. The lowest BCUT2D eigenvalue weighted by atomic mass is 10.00. The van der Waals surface area contributed by atoms with E-state index in [0.29, 0.717) is 5.56 Å². The Bertz CT molecular complexity index is 582. The Morgan fingerprint density at radius 3 is 2.32 bits per heavy atom. The first-order valence-electron chi connectivity index (χ1n) is 6.30. The van der Waals surface area contributed by atoms with Crippen LogP contribution in [0.1, 0.15) is 19.4 Å². The third kappa shape index (κ3) is 3.30. The summed E-state index contributed by atoms with van der Waals surface area (Å²) in [6, 6.07) is 14.4. The SMILES string of the molecule is CC(=CC(C)O)c1ccc(-c2ccccc2F)cc1. The van der Waals surface area contributed by atoms with Gasteiger partial charge in [0.05, 0.1) is 6.10 Å². The number of hydrogen-bond acceptors (Lipinski definition) is 1. The molecule has 2 heteroatoms. The molecule has 0 amide bonds. The molecule has 2 aromatic carbocycles. The van der Waals surface area contributed by atoms with E-state index in [9.17, 15) is 9.50 Å². The van der Waals surface area contributed by atoms with E-state index in [1.54, 1.807) is 25.1 Å². The van der Waals surface area contributed by atoms with Gasteiger partial charge in [-0.2, -0.15) is 0 Å². The molecule has 2 rings (SSSR count). The normalized spacial score (nSPS) is 13.4. The maximum atomic E-state index is 13.7. The van der Waals surface area contributed by atoms with E-state index in [-0.39, 0.29) is 5.82 Å². The lowest BCUT2D eigenvalue weighted by Gasteiger charge is -2.07. The number of allylic oxidation sites excluding steroid dienone is 1. The van der Waals surface area contributed by atoms with Crippen molar-refractivity contribution < 1.29 is 9.50 Å². The molecule has 0 aliphatic heterocycles. The first kappa shape index (κ1) is 13.5. The molecule has 1 unspecified atom stereocenters. The van der Waals surface area contributed by atoms with Crippen molar-refractivity contribution in [2.75, 3.05) is 0 Å². The molecule has 0 aromatic heterocycles. The largest absolute Gasteiger partial charge is 0.389 e. The van der Waals surface area contributed by atoms with Gasteiger partial charge in [0.15, 0.2) is 0 Å². The predicted molar refractivity (Wildman–Crippen MR) is 77.2 cm³/mol. The molecule has 0 spiro atoms.